The predicted octanol–water partition coefficient (Wildman–Crippen LogP) is 2.57. The number of carbonyl (C=O) groups excluding carboxylic acids is 1. The van der Waals surface area contributed by atoms with E-state index in [-0.39, 0.29) is 6.09 Å². The van der Waals surface area contributed by atoms with Crippen LogP contribution in [-0.4, -0.2) is 29.2 Å². The Morgan fingerprint density at radius 1 is 1.53 bits per heavy atom. The molecule has 0 aromatic carbocycles. The maximum atomic E-state index is 11.8. The Kier molecular flexibility index (Phi) is 2.28. The third-order valence-electron chi connectivity index (χ3n) is 3.12. The van der Waals surface area contributed by atoms with E-state index in [0.717, 1.165) is 19.4 Å². The number of ether oxygens (including phenoxy) is 1. The highest BCUT2D eigenvalue weighted by Crippen LogP contribution is 2.41. The number of rotatable bonds is 0. The van der Waals surface area contributed by atoms with Crippen molar-refractivity contribution in [1.29, 1.82) is 0 Å². The van der Waals surface area contributed by atoms with Crippen LogP contribution in [0.2, 0.25) is 0 Å². The molecular formula is C12H19NO2. The number of piperidine rings is 1. The summed E-state index contributed by atoms with van der Waals surface area (Å²) >= 11 is 0. The van der Waals surface area contributed by atoms with Crippen LogP contribution >= 0.6 is 0 Å². The number of hydrogen-bond donors (Lipinski definition) is 0. The minimum absolute atomic E-state index is 0.164. The quantitative estimate of drug-likeness (QED) is 0.574. The van der Waals surface area contributed by atoms with Crippen molar-refractivity contribution in [3.05, 3.63) is 12.2 Å². The van der Waals surface area contributed by atoms with Gasteiger partial charge < -0.3 is 9.64 Å². The molecule has 0 aromatic rings. The molecule has 1 heterocycles. The minimum atomic E-state index is -0.393. The predicted molar refractivity (Wildman–Crippen MR) is 58.6 cm³/mol. The van der Waals surface area contributed by atoms with E-state index >= 15 is 0 Å². The zero-order valence-electron chi connectivity index (χ0n) is 9.75. The van der Waals surface area contributed by atoms with Crippen molar-refractivity contribution >= 4 is 6.09 Å². The molecule has 2 fully saturated rings. The molecule has 0 radical (unpaired) electrons. The summed E-state index contributed by atoms with van der Waals surface area (Å²) in [6, 6.07) is 0.345. The lowest BCUT2D eigenvalue weighted by Gasteiger charge is -2.30. The van der Waals surface area contributed by atoms with Crippen LogP contribution in [0.25, 0.3) is 0 Å². The van der Waals surface area contributed by atoms with Gasteiger partial charge in [-0.3, -0.25) is 0 Å². The highest BCUT2D eigenvalue weighted by Gasteiger charge is 2.43. The van der Waals surface area contributed by atoms with E-state index in [9.17, 15) is 4.79 Å². The summed E-state index contributed by atoms with van der Waals surface area (Å²) in [5, 5.41) is 0. The number of carbonyl (C=O) groups is 1. The van der Waals surface area contributed by atoms with Crippen LogP contribution in [0.5, 0.6) is 0 Å². The lowest BCUT2D eigenvalue weighted by atomic mass is 10.0. The summed E-state index contributed by atoms with van der Waals surface area (Å²) in [7, 11) is 0. The summed E-state index contributed by atoms with van der Waals surface area (Å²) < 4.78 is 5.37. The monoisotopic (exact) mass is 209 g/mol. The van der Waals surface area contributed by atoms with E-state index < -0.39 is 5.60 Å². The van der Waals surface area contributed by atoms with Crippen LogP contribution in [0, 0.1) is 5.92 Å². The zero-order valence-corrected chi connectivity index (χ0v) is 9.75. The van der Waals surface area contributed by atoms with Gasteiger partial charge >= 0.3 is 6.09 Å². The molecule has 0 aromatic heterocycles. The maximum Gasteiger partial charge on any atom is 0.410 e. The van der Waals surface area contributed by atoms with Crippen molar-refractivity contribution in [2.24, 2.45) is 5.92 Å². The molecule has 1 saturated carbocycles. The number of amides is 1. The van der Waals surface area contributed by atoms with Crippen LogP contribution in [0.4, 0.5) is 4.79 Å². The van der Waals surface area contributed by atoms with Gasteiger partial charge in [0.25, 0.3) is 0 Å². The average molecular weight is 209 g/mol. The van der Waals surface area contributed by atoms with Gasteiger partial charge in [0, 0.05) is 12.6 Å². The lowest BCUT2D eigenvalue weighted by molar-refractivity contribution is 0.0209. The molecule has 3 heteroatoms. The summed E-state index contributed by atoms with van der Waals surface area (Å²) in [6.07, 6.45) is 1.88. The van der Waals surface area contributed by atoms with Gasteiger partial charge in [-0.2, -0.15) is 0 Å². The van der Waals surface area contributed by atoms with Gasteiger partial charge in [-0.25, -0.2) is 4.79 Å². The third-order valence-corrected chi connectivity index (χ3v) is 3.12. The van der Waals surface area contributed by atoms with Gasteiger partial charge in [0.2, 0.25) is 0 Å². The van der Waals surface area contributed by atoms with Gasteiger partial charge in [-0.1, -0.05) is 12.2 Å². The van der Waals surface area contributed by atoms with Gasteiger partial charge in [0.05, 0.1) is 0 Å². The lowest BCUT2D eigenvalue weighted by Crippen LogP contribution is -2.41. The van der Waals surface area contributed by atoms with Gasteiger partial charge in [0.15, 0.2) is 0 Å². The first kappa shape index (κ1) is 10.5. The number of fused-ring (bicyclic) bond motifs is 2. The van der Waals surface area contributed by atoms with Crippen molar-refractivity contribution in [3.63, 3.8) is 0 Å². The molecule has 1 aliphatic carbocycles. The van der Waals surface area contributed by atoms with Crippen LogP contribution in [0.3, 0.4) is 0 Å². The standard InChI is InChI=1S/C12H19NO2/c1-8-5-10-6-9(8)7-13(10)11(14)15-12(2,3)4/h9-10H,1,5-7H2,2-4H3/t9-,10?/m1/s1. The normalized spacial score (nSPS) is 29.8. The van der Waals surface area contributed by atoms with Gasteiger partial charge in [-0.15, -0.1) is 0 Å². The van der Waals surface area contributed by atoms with Crippen molar-refractivity contribution in [2.45, 2.75) is 45.3 Å². The maximum absolute atomic E-state index is 11.8. The molecule has 1 amide bonds. The van der Waals surface area contributed by atoms with Gasteiger partial charge in [0.1, 0.15) is 5.60 Å². The summed E-state index contributed by atoms with van der Waals surface area (Å²) in [4.78, 5) is 13.7. The van der Waals surface area contributed by atoms with E-state index in [0.29, 0.717) is 12.0 Å². The van der Waals surface area contributed by atoms with Crippen LogP contribution < -0.4 is 0 Å². The molecule has 15 heavy (non-hydrogen) atoms. The summed E-state index contributed by atoms with van der Waals surface area (Å²) in [6.45, 7) is 10.5. The molecule has 0 N–H and O–H groups in total. The summed E-state index contributed by atoms with van der Waals surface area (Å²) in [5.74, 6) is 0.516. The number of likely N-dealkylation sites (tertiary alicyclic amines) is 1. The molecule has 2 rings (SSSR count). The Morgan fingerprint density at radius 3 is 2.60 bits per heavy atom. The second-order valence-electron chi connectivity index (χ2n) is 5.58. The van der Waals surface area contributed by atoms with Crippen LogP contribution in [0.1, 0.15) is 33.6 Å². The molecule has 2 atom stereocenters. The van der Waals surface area contributed by atoms with Crippen molar-refractivity contribution in [1.82, 2.24) is 4.90 Å². The average Bonchev–Trinajstić information content (AvgIpc) is 2.58. The Morgan fingerprint density at radius 2 is 2.20 bits per heavy atom. The SMILES string of the molecule is C=C1CC2C[C@@H]1CN2C(=O)OC(C)(C)C. The first-order valence-electron chi connectivity index (χ1n) is 5.54. The van der Waals surface area contributed by atoms with Crippen molar-refractivity contribution in [3.8, 4) is 0 Å². The van der Waals surface area contributed by atoms with E-state index in [1.165, 1.54) is 5.57 Å². The second-order valence-corrected chi connectivity index (χ2v) is 5.58. The molecule has 1 aliphatic heterocycles. The highest BCUT2D eigenvalue weighted by atomic mass is 16.6. The second kappa shape index (κ2) is 3.26. The highest BCUT2D eigenvalue weighted by molar-refractivity contribution is 5.69. The minimum Gasteiger partial charge on any atom is -0.444 e. The summed E-state index contributed by atoms with van der Waals surface area (Å²) in [5.41, 5.74) is 0.912. The fraction of sp³-hybridized carbons (Fsp3) is 0.750. The fourth-order valence-corrected chi connectivity index (χ4v) is 2.42. The zero-order chi connectivity index (χ0) is 11.2. The van der Waals surface area contributed by atoms with Gasteiger partial charge in [-0.05, 0) is 39.5 Å². The Balaban J connectivity index is 1.97. The largest absolute Gasteiger partial charge is 0.444 e. The van der Waals surface area contributed by atoms with E-state index in [4.69, 9.17) is 4.74 Å². The molecular weight excluding hydrogens is 190 g/mol. The number of hydrogen-bond acceptors (Lipinski definition) is 2. The Bertz CT molecular complexity index is 303. The molecule has 2 aliphatic rings. The molecule has 1 unspecified atom stereocenters. The topological polar surface area (TPSA) is 29.5 Å². The Labute approximate surface area is 91.1 Å². The molecule has 0 spiro atoms. The molecule has 84 valence electrons. The smallest absolute Gasteiger partial charge is 0.410 e. The van der Waals surface area contributed by atoms with Crippen molar-refractivity contribution < 1.29 is 9.53 Å². The first-order chi connectivity index (χ1) is 6.87. The molecule has 1 saturated heterocycles. The van der Waals surface area contributed by atoms with E-state index in [2.05, 4.69) is 6.58 Å². The fourth-order valence-electron chi connectivity index (χ4n) is 2.42. The van der Waals surface area contributed by atoms with E-state index in [1.807, 2.05) is 25.7 Å². The molecule has 2 bridgehead atoms. The third kappa shape index (κ3) is 2.01. The first-order valence-corrected chi connectivity index (χ1v) is 5.54. The van der Waals surface area contributed by atoms with Crippen molar-refractivity contribution in [2.75, 3.05) is 6.54 Å². The molecule has 3 nitrogen and oxygen atoms in total. The Hall–Kier alpha value is -0.990. The van der Waals surface area contributed by atoms with E-state index in [1.54, 1.807) is 0 Å². The number of nitrogens with zero attached hydrogens (tertiary/aromatic N) is 1. The van der Waals surface area contributed by atoms with Crippen LogP contribution in [-0.2, 0) is 4.74 Å². The van der Waals surface area contributed by atoms with Crippen LogP contribution in [0.15, 0.2) is 12.2 Å².